The lowest BCUT2D eigenvalue weighted by atomic mass is 10.0. The van der Waals surface area contributed by atoms with Crippen molar-refractivity contribution in [2.75, 3.05) is 7.11 Å². The molecule has 0 amide bonds. The number of aromatic nitrogens is 3. The summed E-state index contributed by atoms with van der Waals surface area (Å²) in [4.78, 5) is 26.4. The molecule has 7 heteroatoms. The van der Waals surface area contributed by atoms with E-state index in [0.717, 1.165) is 48.8 Å². The molecule has 0 atom stereocenters. The molecule has 3 aromatic carbocycles. The number of ether oxygens (including phenoxy) is 1. The molecule has 0 bridgehead atoms. The van der Waals surface area contributed by atoms with Crippen LogP contribution in [-0.4, -0.2) is 22.1 Å². The summed E-state index contributed by atoms with van der Waals surface area (Å²) in [5.41, 5.74) is 4.91. The summed E-state index contributed by atoms with van der Waals surface area (Å²) in [7, 11) is 1.66. The highest BCUT2D eigenvalue weighted by Crippen LogP contribution is 2.35. The zero-order valence-corrected chi connectivity index (χ0v) is 21.0. The van der Waals surface area contributed by atoms with Crippen LogP contribution in [0.25, 0.3) is 43.4 Å². The van der Waals surface area contributed by atoms with E-state index in [9.17, 15) is 4.79 Å². The first-order valence-corrected chi connectivity index (χ1v) is 13.3. The summed E-state index contributed by atoms with van der Waals surface area (Å²) >= 11 is 3.05. The predicted molar refractivity (Wildman–Crippen MR) is 149 cm³/mol. The number of fused-ring (bicyclic) bond motifs is 2. The second-order valence-electron chi connectivity index (χ2n) is 8.25. The van der Waals surface area contributed by atoms with E-state index in [2.05, 4.69) is 23.2 Å². The van der Waals surface area contributed by atoms with Gasteiger partial charge in [-0.1, -0.05) is 72.4 Å². The number of thiophene rings is 1. The highest BCUT2D eigenvalue weighted by atomic mass is 32.2. The van der Waals surface area contributed by atoms with Crippen molar-refractivity contribution in [3.05, 3.63) is 106 Å². The Morgan fingerprint density at radius 3 is 2.33 bits per heavy atom. The van der Waals surface area contributed by atoms with E-state index >= 15 is 0 Å². The fourth-order valence-electron chi connectivity index (χ4n) is 4.28. The van der Waals surface area contributed by atoms with Gasteiger partial charge in [-0.2, -0.15) is 0 Å². The molecule has 0 aliphatic rings. The molecular weight excluding hydrogens is 486 g/mol. The van der Waals surface area contributed by atoms with E-state index in [1.165, 1.54) is 11.3 Å². The van der Waals surface area contributed by atoms with Gasteiger partial charge in [-0.15, -0.1) is 11.3 Å². The molecule has 3 aromatic heterocycles. The maximum absolute atomic E-state index is 13.0. The molecule has 0 saturated carbocycles. The van der Waals surface area contributed by atoms with Crippen LogP contribution < -0.4 is 10.3 Å². The monoisotopic (exact) mass is 507 g/mol. The van der Waals surface area contributed by atoms with Gasteiger partial charge in [-0.3, -0.25) is 4.79 Å². The Balaban J connectivity index is 1.35. The summed E-state index contributed by atoms with van der Waals surface area (Å²) in [6, 6.07) is 28.3. The van der Waals surface area contributed by atoms with Crippen LogP contribution in [0.15, 0.2) is 100 Å². The summed E-state index contributed by atoms with van der Waals surface area (Å²) in [5.74, 6) is 1.90. The molecule has 0 spiro atoms. The smallest absolute Gasteiger partial charge is 0.260 e. The second kappa shape index (κ2) is 9.60. The Bertz CT molecular complexity index is 1750. The molecule has 0 fully saturated rings. The maximum Gasteiger partial charge on any atom is 0.260 e. The number of H-pyrrole nitrogens is 1. The van der Waals surface area contributed by atoms with Crippen molar-refractivity contribution in [3.8, 4) is 28.0 Å². The van der Waals surface area contributed by atoms with Gasteiger partial charge < -0.3 is 9.72 Å². The fraction of sp³-hybridized carbons (Fsp3) is 0.0690. The first-order chi connectivity index (χ1) is 17.7. The Kier molecular flexibility index (Phi) is 6.01. The van der Waals surface area contributed by atoms with Crippen molar-refractivity contribution < 1.29 is 4.74 Å². The Labute approximate surface area is 215 Å². The van der Waals surface area contributed by atoms with Crippen LogP contribution in [0.4, 0.5) is 0 Å². The molecule has 36 heavy (non-hydrogen) atoms. The predicted octanol–water partition coefficient (Wildman–Crippen LogP) is 7.17. The van der Waals surface area contributed by atoms with Crippen LogP contribution in [0, 0.1) is 0 Å². The van der Waals surface area contributed by atoms with Crippen LogP contribution in [0.2, 0.25) is 0 Å². The van der Waals surface area contributed by atoms with Crippen molar-refractivity contribution in [2.45, 2.75) is 10.8 Å². The highest BCUT2D eigenvalue weighted by molar-refractivity contribution is 7.98. The molecule has 6 aromatic rings. The largest absolute Gasteiger partial charge is 0.497 e. The molecule has 5 nitrogen and oxygen atoms in total. The first-order valence-electron chi connectivity index (χ1n) is 11.4. The Hall–Kier alpha value is -3.94. The van der Waals surface area contributed by atoms with Gasteiger partial charge in [-0.05, 0) is 34.9 Å². The van der Waals surface area contributed by atoms with Crippen molar-refractivity contribution in [2.24, 2.45) is 0 Å². The van der Waals surface area contributed by atoms with E-state index in [-0.39, 0.29) is 5.56 Å². The zero-order valence-electron chi connectivity index (χ0n) is 19.4. The van der Waals surface area contributed by atoms with Crippen LogP contribution in [0.1, 0.15) is 5.82 Å². The second-order valence-corrected chi connectivity index (χ2v) is 10.1. The third-order valence-corrected chi connectivity index (χ3v) is 7.81. The topological polar surface area (TPSA) is 67.9 Å². The molecule has 176 valence electrons. The van der Waals surface area contributed by atoms with E-state index in [0.29, 0.717) is 17.0 Å². The van der Waals surface area contributed by atoms with Gasteiger partial charge in [0.25, 0.3) is 5.56 Å². The lowest BCUT2D eigenvalue weighted by Crippen LogP contribution is -2.10. The number of rotatable bonds is 6. The number of thioether (sulfide) groups is 1. The molecule has 0 aliphatic carbocycles. The molecule has 3 heterocycles. The first kappa shape index (κ1) is 22.5. The summed E-state index contributed by atoms with van der Waals surface area (Å²) in [6.45, 7) is 0. The summed E-state index contributed by atoms with van der Waals surface area (Å²) < 4.78 is 5.43. The normalized spacial score (nSPS) is 11.2. The zero-order chi connectivity index (χ0) is 24.5. The summed E-state index contributed by atoms with van der Waals surface area (Å²) in [6.07, 6.45) is 0. The van der Waals surface area contributed by atoms with Gasteiger partial charge in [0.05, 0.1) is 28.8 Å². The van der Waals surface area contributed by atoms with Crippen LogP contribution in [0.5, 0.6) is 5.75 Å². The SMILES string of the molecule is COc1ccc2c(-c3ccccc3)cc(SCc3nc4scc(-c5ccccc5)c4c(=O)[nH]3)nc2c1. The van der Waals surface area contributed by atoms with E-state index in [1.54, 1.807) is 18.9 Å². The van der Waals surface area contributed by atoms with Crippen LogP contribution >= 0.6 is 23.1 Å². The lowest BCUT2D eigenvalue weighted by Gasteiger charge is -2.11. The third kappa shape index (κ3) is 4.27. The molecule has 1 N–H and O–H groups in total. The molecule has 0 radical (unpaired) electrons. The number of hydrogen-bond donors (Lipinski definition) is 1. The van der Waals surface area contributed by atoms with Gasteiger partial charge in [0, 0.05) is 22.4 Å². The average molecular weight is 508 g/mol. The van der Waals surface area contributed by atoms with Gasteiger partial charge in [0.2, 0.25) is 0 Å². The van der Waals surface area contributed by atoms with Crippen molar-refractivity contribution in [3.63, 3.8) is 0 Å². The summed E-state index contributed by atoms with van der Waals surface area (Å²) in [5, 5.41) is 4.56. The van der Waals surface area contributed by atoms with Gasteiger partial charge in [0.15, 0.2) is 0 Å². The van der Waals surface area contributed by atoms with E-state index in [4.69, 9.17) is 14.7 Å². The van der Waals surface area contributed by atoms with E-state index in [1.807, 2.05) is 72.1 Å². The molecule has 0 aliphatic heterocycles. The van der Waals surface area contributed by atoms with Gasteiger partial charge in [0.1, 0.15) is 16.4 Å². The number of pyridine rings is 1. The number of benzene rings is 3. The van der Waals surface area contributed by atoms with Gasteiger partial charge >= 0.3 is 0 Å². The lowest BCUT2D eigenvalue weighted by molar-refractivity contribution is 0.415. The van der Waals surface area contributed by atoms with Gasteiger partial charge in [-0.25, -0.2) is 9.97 Å². The van der Waals surface area contributed by atoms with Crippen LogP contribution in [-0.2, 0) is 5.75 Å². The molecule has 6 rings (SSSR count). The minimum Gasteiger partial charge on any atom is -0.497 e. The average Bonchev–Trinajstić information content (AvgIpc) is 3.37. The maximum atomic E-state index is 13.0. The standard InChI is InChI=1S/C29H21N3O2S2/c1-34-20-12-13-21-22(18-8-4-2-5-9-18)15-26(30-24(21)14-20)35-17-25-31-28(33)27-23(16-36-29(27)32-25)19-10-6-3-7-11-19/h2-16H,17H2,1H3,(H,31,32,33). The molecular formula is C29H21N3O2S2. The minimum absolute atomic E-state index is 0.114. The number of nitrogens with one attached hydrogen (secondary N) is 1. The number of aromatic amines is 1. The van der Waals surface area contributed by atoms with Crippen molar-refractivity contribution >= 4 is 44.2 Å². The number of hydrogen-bond acceptors (Lipinski definition) is 6. The Morgan fingerprint density at radius 2 is 1.61 bits per heavy atom. The van der Waals surface area contributed by atoms with E-state index < -0.39 is 0 Å². The highest BCUT2D eigenvalue weighted by Gasteiger charge is 2.14. The van der Waals surface area contributed by atoms with Crippen molar-refractivity contribution in [1.29, 1.82) is 0 Å². The number of nitrogens with zero attached hydrogens (tertiary/aromatic N) is 2. The number of methoxy groups -OCH3 is 1. The van der Waals surface area contributed by atoms with Crippen molar-refractivity contribution in [1.82, 2.24) is 15.0 Å². The quantitative estimate of drug-likeness (QED) is 0.242. The molecule has 0 unspecified atom stereocenters. The van der Waals surface area contributed by atoms with Crippen LogP contribution in [0.3, 0.4) is 0 Å². The fourth-order valence-corrected chi connectivity index (χ4v) is 6.03. The Morgan fingerprint density at radius 1 is 0.889 bits per heavy atom. The minimum atomic E-state index is -0.114. The third-order valence-electron chi connectivity index (χ3n) is 6.01. The molecule has 0 saturated heterocycles.